The minimum atomic E-state index is -0.272. The Morgan fingerprint density at radius 3 is 2.65 bits per heavy atom. The second-order valence-electron chi connectivity index (χ2n) is 4.58. The molecule has 0 aliphatic heterocycles. The van der Waals surface area contributed by atoms with Gasteiger partial charge in [-0.2, -0.15) is 0 Å². The van der Waals surface area contributed by atoms with Gasteiger partial charge in [-0.3, -0.25) is 0 Å². The third kappa shape index (κ3) is 3.57. The Labute approximate surface area is 122 Å². The molecule has 20 heavy (non-hydrogen) atoms. The molecule has 0 bridgehead atoms. The number of nitrogens with zero attached hydrogens (tertiary/aromatic N) is 1. The van der Waals surface area contributed by atoms with Gasteiger partial charge in [-0.15, -0.1) is 11.3 Å². The molecule has 0 spiro atoms. The molecule has 0 saturated carbocycles. The SMILES string of the molecule is C[C@@H](c1ccc(F)cc1)N(C)C(=O)NCc1cccs1. The number of rotatable bonds is 4. The van der Waals surface area contributed by atoms with Crippen LogP contribution in [-0.2, 0) is 6.54 Å². The van der Waals surface area contributed by atoms with Crippen molar-refractivity contribution in [3.05, 3.63) is 58.0 Å². The van der Waals surface area contributed by atoms with Crippen LogP contribution < -0.4 is 5.32 Å². The number of hydrogen-bond donors (Lipinski definition) is 1. The van der Waals surface area contributed by atoms with Gasteiger partial charge in [0.2, 0.25) is 0 Å². The Balaban J connectivity index is 1.93. The van der Waals surface area contributed by atoms with E-state index in [1.54, 1.807) is 35.4 Å². The summed E-state index contributed by atoms with van der Waals surface area (Å²) in [4.78, 5) is 14.8. The molecule has 0 radical (unpaired) electrons. The summed E-state index contributed by atoms with van der Waals surface area (Å²) < 4.78 is 12.9. The number of carbonyl (C=O) groups excluding carboxylic acids is 1. The first-order chi connectivity index (χ1) is 9.58. The number of halogens is 1. The quantitative estimate of drug-likeness (QED) is 0.913. The first-order valence-electron chi connectivity index (χ1n) is 6.36. The maximum Gasteiger partial charge on any atom is 0.317 e. The predicted octanol–water partition coefficient (Wildman–Crippen LogP) is 3.79. The lowest BCUT2D eigenvalue weighted by Gasteiger charge is -2.25. The first kappa shape index (κ1) is 14.5. The molecule has 1 aromatic carbocycles. The smallest absolute Gasteiger partial charge is 0.317 e. The van der Waals surface area contributed by atoms with Crippen LogP contribution in [0.25, 0.3) is 0 Å². The van der Waals surface area contributed by atoms with Crippen molar-refractivity contribution < 1.29 is 9.18 Å². The van der Waals surface area contributed by atoms with E-state index in [2.05, 4.69) is 5.32 Å². The van der Waals surface area contributed by atoms with Crippen LogP contribution in [0.4, 0.5) is 9.18 Å². The fourth-order valence-corrected chi connectivity index (χ4v) is 2.49. The maximum atomic E-state index is 12.9. The average Bonchev–Trinajstić information content (AvgIpc) is 2.97. The van der Waals surface area contributed by atoms with E-state index >= 15 is 0 Å². The number of benzene rings is 1. The molecule has 1 atom stereocenters. The number of thiophene rings is 1. The van der Waals surface area contributed by atoms with Gasteiger partial charge in [-0.1, -0.05) is 18.2 Å². The van der Waals surface area contributed by atoms with Crippen LogP contribution >= 0.6 is 11.3 Å². The summed E-state index contributed by atoms with van der Waals surface area (Å²) in [6.07, 6.45) is 0. The fourth-order valence-electron chi connectivity index (χ4n) is 1.84. The normalized spacial score (nSPS) is 11.9. The number of amides is 2. The van der Waals surface area contributed by atoms with Crippen LogP contribution in [0, 0.1) is 5.82 Å². The summed E-state index contributed by atoms with van der Waals surface area (Å²) >= 11 is 1.61. The first-order valence-corrected chi connectivity index (χ1v) is 7.24. The Morgan fingerprint density at radius 1 is 1.35 bits per heavy atom. The highest BCUT2D eigenvalue weighted by Crippen LogP contribution is 2.19. The third-order valence-electron chi connectivity index (χ3n) is 3.25. The van der Waals surface area contributed by atoms with Crippen molar-refractivity contribution in [3.8, 4) is 0 Å². The van der Waals surface area contributed by atoms with Crippen LogP contribution in [0.3, 0.4) is 0 Å². The van der Waals surface area contributed by atoms with Gasteiger partial charge in [0.25, 0.3) is 0 Å². The number of hydrogen-bond acceptors (Lipinski definition) is 2. The highest BCUT2D eigenvalue weighted by atomic mass is 32.1. The van der Waals surface area contributed by atoms with Gasteiger partial charge >= 0.3 is 6.03 Å². The van der Waals surface area contributed by atoms with Gasteiger partial charge in [-0.25, -0.2) is 9.18 Å². The molecule has 0 unspecified atom stereocenters. The van der Waals surface area contributed by atoms with Gasteiger partial charge in [0, 0.05) is 11.9 Å². The Bertz CT molecular complexity index is 554. The van der Waals surface area contributed by atoms with Crippen molar-refractivity contribution in [2.24, 2.45) is 0 Å². The Morgan fingerprint density at radius 2 is 2.05 bits per heavy atom. The van der Waals surface area contributed by atoms with Gasteiger partial charge in [0.15, 0.2) is 0 Å². The van der Waals surface area contributed by atoms with E-state index in [4.69, 9.17) is 0 Å². The molecule has 1 N–H and O–H groups in total. The minimum Gasteiger partial charge on any atom is -0.333 e. The molecule has 3 nitrogen and oxygen atoms in total. The van der Waals surface area contributed by atoms with E-state index in [1.165, 1.54) is 12.1 Å². The van der Waals surface area contributed by atoms with Gasteiger partial charge in [-0.05, 0) is 36.1 Å². The Hall–Kier alpha value is -1.88. The van der Waals surface area contributed by atoms with Crippen LogP contribution in [0.2, 0.25) is 0 Å². The fraction of sp³-hybridized carbons (Fsp3) is 0.267. The molecule has 2 aromatic rings. The molecule has 1 heterocycles. The molecule has 0 saturated heterocycles. The van der Waals surface area contributed by atoms with E-state index in [9.17, 15) is 9.18 Å². The summed E-state index contributed by atoms with van der Waals surface area (Å²) in [5, 5.41) is 4.85. The number of nitrogens with one attached hydrogen (secondary N) is 1. The standard InChI is InChI=1S/C15H17FN2OS/c1-11(12-5-7-13(16)8-6-12)18(2)15(19)17-10-14-4-3-9-20-14/h3-9,11H,10H2,1-2H3,(H,17,19)/t11-/m0/s1. The number of carbonyl (C=O) groups is 1. The van der Waals surface area contributed by atoms with E-state index < -0.39 is 0 Å². The van der Waals surface area contributed by atoms with Crippen molar-refractivity contribution in [2.75, 3.05) is 7.05 Å². The van der Waals surface area contributed by atoms with Crippen LogP contribution in [-0.4, -0.2) is 18.0 Å². The lowest BCUT2D eigenvalue weighted by atomic mass is 10.1. The third-order valence-corrected chi connectivity index (χ3v) is 4.12. The molecule has 0 aliphatic carbocycles. The summed E-state index contributed by atoms with van der Waals surface area (Å²) in [5.74, 6) is -0.272. The molecule has 0 aliphatic rings. The van der Waals surface area contributed by atoms with Gasteiger partial charge in [0.1, 0.15) is 5.82 Å². The molecular weight excluding hydrogens is 275 g/mol. The van der Waals surface area contributed by atoms with Crippen molar-refractivity contribution in [1.82, 2.24) is 10.2 Å². The summed E-state index contributed by atoms with van der Waals surface area (Å²) in [6, 6.07) is 9.89. The Kier molecular flexibility index (Phi) is 4.74. The van der Waals surface area contributed by atoms with Crippen molar-refractivity contribution in [1.29, 1.82) is 0 Å². The average molecular weight is 292 g/mol. The van der Waals surface area contributed by atoms with Gasteiger partial charge < -0.3 is 10.2 Å². The van der Waals surface area contributed by atoms with E-state index in [0.29, 0.717) is 6.54 Å². The maximum absolute atomic E-state index is 12.9. The van der Waals surface area contributed by atoms with Crippen molar-refractivity contribution in [3.63, 3.8) is 0 Å². The molecule has 106 valence electrons. The van der Waals surface area contributed by atoms with Crippen LogP contribution in [0.5, 0.6) is 0 Å². The lowest BCUT2D eigenvalue weighted by molar-refractivity contribution is 0.194. The van der Waals surface area contributed by atoms with E-state index in [1.807, 2.05) is 24.4 Å². The van der Waals surface area contributed by atoms with Crippen LogP contribution in [0.15, 0.2) is 41.8 Å². The number of urea groups is 1. The highest BCUT2D eigenvalue weighted by Gasteiger charge is 2.17. The van der Waals surface area contributed by atoms with E-state index in [-0.39, 0.29) is 17.9 Å². The molecule has 1 aromatic heterocycles. The highest BCUT2D eigenvalue weighted by molar-refractivity contribution is 7.09. The summed E-state index contributed by atoms with van der Waals surface area (Å²) in [6.45, 7) is 2.44. The van der Waals surface area contributed by atoms with Crippen molar-refractivity contribution in [2.45, 2.75) is 19.5 Å². The largest absolute Gasteiger partial charge is 0.333 e. The van der Waals surface area contributed by atoms with Gasteiger partial charge in [0.05, 0.1) is 12.6 Å². The molecule has 5 heteroatoms. The summed E-state index contributed by atoms with van der Waals surface area (Å²) in [5.41, 5.74) is 0.903. The zero-order valence-electron chi connectivity index (χ0n) is 11.5. The van der Waals surface area contributed by atoms with Crippen LogP contribution in [0.1, 0.15) is 23.4 Å². The zero-order valence-corrected chi connectivity index (χ0v) is 12.3. The molecule has 2 amide bonds. The predicted molar refractivity (Wildman–Crippen MR) is 79.1 cm³/mol. The lowest BCUT2D eigenvalue weighted by Crippen LogP contribution is -2.38. The topological polar surface area (TPSA) is 32.3 Å². The zero-order chi connectivity index (χ0) is 14.5. The second kappa shape index (κ2) is 6.52. The molecule has 2 rings (SSSR count). The monoisotopic (exact) mass is 292 g/mol. The molecule has 0 fully saturated rings. The minimum absolute atomic E-state index is 0.112. The van der Waals surface area contributed by atoms with Crippen molar-refractivity contribution >= 4 is 17.4 Å². The molecular formula is C15H17FN2OS. The second-order valence-corrected chi connectivity index (χ2v) is 5.61. The summed E-state index contributed by atoms with van der Waals surface area (Å²) in [7, 11) is 1.73. The van der Waals surface area contributed by atoms with E-state index in [0.717, 1.165) is 10.4 Å².